The third-order valence-corrected chi connectivity index (χ3v) is 7.71. The second kappa shape index (κ2) is 13.4. The van der Waals surface area contributed by atoms with Crippen LogP contribution >= 0.6 is 39.7 Å². The van der Waals surface area contributed by atoms with Crippen molar-refractivity contribution in [3.05, 3.63) is 38.4 Å². The molecule has 15 heteroatoms. The van der Waals surface area contributed by atoms with E-state index in [0.29, 0.717) is 18.0 Å². The Labute approximate surface area is 238 Å². The second-order valence-corrected chi connectivity index (χ2v) is 10.9. The number of aromatic nitrogens is 2. The van der Waals surface area contributed by atoms with Gasteiger partial charge in [0.15, 0.2) is 5.01 Å². The highest BCUT2D eigenvalue weighted by Gasteiger charge is 2.35. The van der Waals surface area contributed by atoms with Crippen molar-refractivity contribution in [2.24, 2.45) is 0 Å². The molecule has 0 aromatic carbocycles. The number of carbonyl (C=O) groups is 4. The molecular formula is C23H29BrClN7O5S. The van der Waals surface area contributed by atoms with Crippen molar-refractivity contribution in [2.45, 2.75) is 31.5 Å². The Bertz CT molecular complexity index is 1180. The zero-order chi connectivity index (χ0) is 26.5. The van der Waals surface area contributed by atoms with Gasteiger partial charge in [0, 0.05) is 55.3 Å². The van der Waals surface area contributed by atoms with Crippen molar-refractivity contribution in [3.63, 3.8) is 0 Å². The van der Waals surface area contributed by atoms with Crippen molar-refractivity contribution in [1.29, 1.82) is 0 Å². The number of hydrogen-bond acceptors (Lipinski definition) is 9. The standard InChI is InChI=1S/C23H28BrN7O5S.ClH/c1-30-7-5-15-17(11-30)37-23(28-15)22(35)27-16-10-31(19(32)12-36-2)8-6-14(16)26-20(33)21(34)29-18-4-3-13(24)9-25-18;/h3-4,9,14,16H,5-8,10-12H2,1-2H3,(H,26,33)(H,27,35)(H,25,29,34);1H/t14-,16+;/m0./s1. The first-order valence-electron chi connectivity index (χ1n) is 11.7. The van der Waals surface area contributed by atoms with Gasteiger partial charge in [0.1, 0.15) is 12.4 Å². The minimum atomic E-state index is -0.880. The largest absolute Gasteiger partial charge is 0.375 e. The van der Waals surface area contributed by atoms with Crippen LogP contribution in [0.25, 0.3) is 0 Å². The van der Waals surface area contributed by atoms with Crippen LogP contribution in [0, 0.1) is 0 Å². The lowest BCUT2D eigenvalue weighted by Crippen LogP contribution is -2.62. The van der Waals surface area contributed by atoms with Gasteiger partial charge in [-0.25, -0.2) is 9.97 Å². The third-order valence-electron chi connectivity index (χ3n) is 6.16. The van der Waals surface area contributed by atoms with Crippen LogP contribution in [0.15, 0.2) is 22.8 Å². The predicted molar refractivity (Wildman–Crippen MR) is 146 cm³/mol. The highest BCUT2D eigenvalue weighted by Crippen LogP contribution is 2.25. The molecule has 3 N–H and O–H groups in total. The number of amides is 4. The molecule has 0 saturated carbocycles. The number of fused-ring (bicyclic) bond motifs is 1. The molecule has 2 atom stereocenters. The van der Waals surface area contributed by atoms with E-state index in [-0.39, 0.29) is 43.2 Å². The molecule has 2 aliphatic heterocycles. The maximum Gasteiger partial charge on any atom is 0.314 e. The first-order chi connectivity index (χ1) is 17.7. The van der Waals surface area contributed by atoms with Gasteiger partial charge in [-0.15, -0.1) is 23.7 Å². The number of thiazole rings is 1. The van der Waals surface area contributed by atoms with Gasteiger partial charge in [0.25, 0.3) is 5.91 Å². The zero-order valence-electron chi connectivity index (χ0n) is 20.9. The molecule has 4 rings (SSSR count). The number of hydrogen-bond donors (Lipinski definition) is 3. The molecular weight excluding hydrogens is 602 g/mol. The number of anilines is 1. The lowest BCUT2D eigenvalue weighted by molar-refractivity contribution is -0.138. The summed E-state index contributed by atoms with van der Waals surface area (Å²) in [4.78, 5) is 64.1. The molecule has 2 aromatic rings. The number of likely N-dealkylation sites (tertiary alicyclic amines) is 1. The number of nitrogens with zero attached hydrogens (tertiary/aromatic N) is 4. The van der Waals surface area contributed by atoms with Gasteiger partial charge < -0.3 is 30.5 Å². The smallest absolute Gasteiger partial charge is 0.314 e. The Morgan fingerprint density at radius 1 is 1.16 bits per heavy atom. The number of halogens is 2. The van der Waals surface area contributed by atoms with E-state index in [0.717, 1.165) is 34.6 Å². The van der Waals surface area contributed by atoms with E-state index in [2.05, 4.69) is 46.7 Å². The summed E-state index contributed by atoms with van der Waals surface area (Å²) in [5.41, 5.74) is 0.928. The van der Waals surface area contributed by atoms with Crippen LogP contribution in [0.5, 0.6) is 0 Å². The first-order valence-corrected chi connectivity index (χ1v) is 13.3. The van der Waals surface area contributed by atoms with Crippen molar-refractivity contribution in [2.75, 3.05) is 45.7 Å². The van der Waals surface area contributed by atoms with Crippen LogP contribution < -0.4 is 16.0 Å². The Morgan fingerprint density at radius 2 is 1.95 bits per heavy atom. The van der Waals surface area contributed by atoms with Gasteiger partial charge in [-0.1, -0.05) is 0 Å². The minimum Gasteiger partial charge on any atom is -0.375 e. The summed E-state index contributed by atoms with van der Waals surface area (Å²) < 4.78 is 5.69. The van der Waals surface area contributed by atoms with E-state index >= 15 is 0 Å². The lowest BCUT2D eigenvalue weighted by atomic mass is 9.98. The molecule has 2 aromatic heterocycles. The third kappa shape index (κ3) is 7.47. The molecule has 12 nitrogen and oxygen atoms in total. The molecule has 2 aliphatic rings. The molecule has 0 radical (unpaired) electrons. The summed E-state index contributed by atoms with van der Waals surface area (Å²) >= 11 is 4.61. The van der Waals surface area contributed by atoms with Crippen molar-refractivity contribution in [1.82, 2.24) is 30.4 Å². The maximum atomic E-state index is 13.1. The van der Waals surface area contributed by atoms with Gasteiger partial charge in [-0.05, 0) is 41.5 Å². The van der Waals surface area contributed by atoms with Gasteiger partial charge in [0.05, 0.1) is 17.8 Å². The fraction of sp³-hybridized carbons (Fsp3) is 0.478. The molecule has 0 spiro atoms. The molecule has 1 fully saturated rings. The van der Waals surface area contributed by atoms with Gasteiger partial charge in [-0.2, -0.15) is 0 Å². The minimum absolute atomic E-state index is 0. The summed E-state index contributed by atoms with van der Waals surface area (Å²) in [6, 6.07) is 2.04. The highest BCUT2D eigenvalue weighted by atomic mass is 79.9. The van der Waals surface area contributed by atoms with Crippen LogP contribution in [0.1, 0.15) is 26.8 Å². The van der Waals surface area contributed by atoms with Crippen LogP contribution in [0.2, 0.25) is 0 Å². The number of ether oxygens (including phenoxy) is 1. The molecule has 4 heterocycles. The number of methoxy groups -OCH3 is 1. The summed E-state index contributed by atoms with van der Waals surface area (Å²) in [7, 11) is 3.46. The average molecular weight is 631 g/mol. The SMILES string of the molecule is COCC(=O)N1CC[C@H](NC(=O)C(=O)Nc2ccc(Br)cn2)[C@H](NC(=O)c2nc3c(s2)CN(C)CC3)C1.Cl. The number of nitrogens with one attached hydrogen (secondary N) is 3. The fourth-order valence-electron chi connectivity index (χ4n) is 4.22. The van der Waals surface area contributed by atoms with E-state index in [1.165, 1.54) is 24.6 Å². The van der Waals surface area contributed by atoms with Gasteiger partial charge >= 0.3 is 11.8 Å². The van der Waals surface area contributed by atoms with Crippen LogP contribution in [0.3, 0.4) is 0 Å². The monoisotopic (exact) mass is 629 g/mol. The summed E-state index contributed by atoms with van der Waals surface area (Å²) in [5, 5.41) is 8.43. The molecule has 38 heavy (non-hydrogen) atoms. The van der Waals surface area contributed by atoms with E-state index in [1.807, 2.05) is 7.05 Å². The Balaban J connectivity index is 0.00000400. The fourth-order valence-corrected chi connectivity index (χ4v) is 5.55. The maximum absolute atomic E-state index is 13.1. The van der Waals surface area contributed by atoms with Crippen LogP contribution in [0.4, 0.5) is 5.82 Å². The normalized spacial score (nSPS) is 19.1. The lowest BCUT2D eigenvalue weighted by Gasteiger charge is -2.38. The Kier molecular flexibility index (Phi) is 10.6. The van der Waals surface area contributed by atoms with Crippen molar-refractivity contribution in [3.8, 4) is 0 Å². The van der Waals surface area contributed by atoms with Crippen LogP contribution in [-0.2, 0) is 32.1 Å². The van der Waals surface area contributed by atoms with Crippen molar-refractivity contribution >= 4 is 69.1 Å². The molecule has 1 saturated heterocycles. The number of rotatable bonds is 6. The van der Waals surface area contributed by atoms with E-state index in [4.69, 9.17) is 4.74 Å². The molecule has 0 unspecified atom stereocenters. The number of likely N-dealkylation sites (N-methyl/N-ethyl adjacent to an activating group) is 1. The Hall–Kier alpha value is -2.65. The highest BCUT2D eigenvalue weighted by molar-refractivity contribution is 9.10. The number of pyridine rings is 1. The predicted octanol–water partition coefficient (Wildman–Crippen LogP) is 0.811. The second-order valence-electron chi connectivity index (χ2n) is 8.91. The summed E-state index contributed by atoms with van der Waals surface area (Å²) in [6.07, 6.45) is 2.62. The summed E-state index contributed by atoms with van der Waals surface area (Å²) in [5.74, 6) is -2.12. The average Bonchev–Trinajstić information content (AvgIpc) is 3.30. The zero-order valence-corrected chi connectivity index (χ0v) is 24.1. The molecule has 206 valence electrons. The molecule has 0 bridgehead atoms. The van der Waals surface area contributed by atoms with Gasteiger partial charge in [0.2, 0.25) is 5.91 Å². The topological polar surface area (TPSA) is 146 Å². The number of piperidine rings is 1. The van der Waals surface area contributed by atoms with Crippen molar-refractivity contribution < 1.29 is 23.9 Å². The molecule has 0 aliphatic carbocycles. The number of carbonyl (C=O) groups excluding carboxylic acids is 4. The van der Waals surface area contributed by atoms with E-state index in [9.17, 15) is 19.2 Å². The van der Waals surface area contributed by atoms with E-state index in [1.54, 1.807) is 17.0 Å². The van der Waals surface area contributed by atoms with E-state index < -0.39 is 23.9 Å². The summed E-state index contributed by atoms with van der Waals surface area (Å²) in [6.45, 7) is 2.02. The van der Waals surface area contributed by atoms with Gasteiger partial charge in [-0.3, -0.25) is 19.2 Å². The Morgan fingerprint density at radius 3 is 2.66 bits per heavy atom. The quantitative estimate of drug-likeness (QED) is 0.398. The van der Waals surface area contributed by atoms with Crippen LogP contribution in [-0.4, -0.2) is 95.9 Å². The first kappa shape index (κ1) is 29.9. The molecule has 4 amide bonds.